The lowest BCUT2D eigenvalue weighted by Crippen LogP contribution is -2.59. The van der Waals surface area contributed by atoms with Gasteiger partial charge in [-0.05, 0) is 43.1 Å². The van der Waals surface area contributed by atoms with Gasteiger partial charge in [-0.15, -0.1) is 0 Å². The van der Waals surface area contributed by atoms with Gasteiger partial charge in [-0.1, -0.05) is 82.7 Å². The van der Waals surface area contributed by atoms with Crippen LogP contribution in [0, 0.1) is 17.8 Å². The Morgan fingerprint density at radius 1 is 0.942 bits per heavy atom. The van der Waals surface area contributed by atoms with E-state index in [-0.39, 0.29) is 61.8 Å². The summed E-state index contributed by atoms with van der Waals surface area (Å²) in [6.45, 7) is 4.22. The number of hydrogen-bond acceptors (Lipinski definition) is 8. The van der Waals surface area contributed by atoms with Gasteiger partial charge < -0.3 is 32.5 Å². The highest BCUT2D eigenvalue weighted by Gasteiger charge is 2.42. The number of rotatable bonds is 17. The first-order chi connectivity index (χ1) is 24.9. The van der Waals surface area contributed by atoms with Crippen molar-refractivity contribution in [2.24, 2.45) is 29.2 Å². The predicted octanol–water partition coefficient (Wildman–Crippen LogP) is 1.43. The van der Waals surface area contributed by atoms with Gasteiger partial charge in [-0.3, -0.25) is 33.8 Å². The number of hydrogen-bond donors (Lipinski definition) is 6. The second-order valence-corrected chi connectivity index (χ2v) is 14.9. The molecule has 0 aromatic heterocycles. The van der Waals surface area contributed by atoms with Crippen LogP contribution in [0.2, 0.25) is 0 Å². The van der Waals surface area contributed by atoms with Crippen molar-refractivity contribution >= 4 is 35.4 Å². The van der Waals surface area contributed by atoms with Crippen molar-refractivity contribution in [2.75, 3.05) is 13.1 Å². The van der Waals surface area contributed by atoms with Crippen LogP contribution >= 0.6 is 0 Å². The summed E-state index contributed by atoms with van der Waals surface area (Å²) in [5.74, 6) is -3.15. The van der Waals surface area contributed by atoms with E-state index in [9.17, 15) is 33.9 Å². The molecule has 1 aromatic carbocycles. The van der Waals surface area contributed by atoms with Crippen molar-refractivity contribution in [1.29, 1.82) is 0 Å². The quantitative estimate of drug-likeness (QED) is 0.138. The molecule has 14 nitrogen and oxygen atoms in total. The number of amides is 6. The van der Waals surface area contributed by atoms with E-state index in [1.54, 1.807) is 0 Å². The Morgan fingerprint density at radius 2 is 1.65 bits per heavy atom. The van der Waals surface area contributed by atoms with Crippen LogP contribution in [-0.4, -0.2) is 93.9 Å². The highest BCUT2D eigenvalue weighted by atomic mass is 16.3. The minimum atomic E-state index is -1.26. The molecule has 6 amide bonds. The Hall–Kier alpha value is -4.04. The fourth-order valence-electron chi connectivity index (χ4n) is 7.77. The molecule has 52 heavy (non-hydrogen) atoms. The number of aliphatic hydroxyl groups is 1. The molecule has 0 bridgehead atoms. The number of nitrogens with two attached hydrogens (primary N) is 2. The Kier molecular flexibility index (Phi) is 15.4. The van der Waals surface area contributed by atoms with E-state index in [1.807, 2.05) is 44.2 Å². The standard InChI is InChI=1S/C38H59N7O7/c1-3-24(2)35(37(51)42-30(36(40)50)20-26-13-8-5-9-14-26)43-33(48)22-31(46)29(19-25-11-6-4-7-12-25)41-32(47)21-28-15-10-18-44-34(49)17-16-27(23-39)38(52)45(28)44/h5,8-9,13-14,24-25,27-31,35,46H,3-4,6-7,10-12,15-23,39H2,1-2H3,(H2,40,50)(H,41,47)(H,42,51)(H,43,48)/t24?,27?,28?,29-,30-,31-,35-/m0/s1. The van der Waals surface area contributed by atoms with Gasteiger partial charge in [0.15, 0.2) is 0 Å². The topological polar surface area (TPSA) is 217 Å². The third kappa shape index (κ3) is 11.2. The summed E-state index contributed by atoms with van der Waals surface area (Å²) < 4.78 is 0. The molecule has 1 aliphatic carbocycles. The second kappa shape index (κ2) is 19.7. The molecule has 3 unspecified atom stereocenters. The maximum absolute atomic E-state index is 13.7. The molecule has 1 saturated carbocycles. The first-order valence-corrected chi connectivity index (χ1v) is 19.2. The van der Waals surface area contributed by atoms with Crippen LogP contribution in [0.1, 0.15) is 103 Å². The smallest absolute Gasteiger partial charge is 0.245 e. The summed E-state index contributed by atoms with van der Waals surface area (Å²) in [6.07, 6.45) is 6.45. The van der Waals surface area contributed by atoms with Crippen molar-refractivity contribution in [1.82, 2.24) is 26.0 Å². The molecule has 2 heterocycles. The van der Waals surface area contributed by atoms with Gasteiger partial charge in [0.2, 0.25) is 35.4 Å². The number of nitrogens with one attached hydrogen (secondary N) is 3. The molecule has 14 heteroatoms. The first-order valence-electron chi connectivity index (χ1n) is 19.2. The zero-order valence-corrected chi connectivity index (χ0v) is 30.8. The third-order valence-electron chi connectivity index (χ3n) is 11.1. The fourth-order valence-corrected chi connectivity index (χ4v) is 7.77. The van der Waals surface area contributed by atoms with Gasteiger partial charge in [-0.2, -0.15) is 0 Å². The van der Waals surface area contributed by atoms with Crippen LogP contribution in [0.3, 0.4) is 0 Å². The van der Waals surface area contributed by atoms with E-state index < -0.39 is 53.9 Å². The zero-order chi connectivity index (χ0) is 37.8. The largest absolute Gasteiger partial charge is 0.390 e. The Balaban J connectivity index is 1.43. The maximum Gasteiger partial charge on any atom is 0.245 e. The number of fused-ring (bicyclic) bond motifs is 1. The monoisotopic (exact) mass is 725 g/mol. The number of aliphatic hydroxyl groups excluding tert-OH is 1. The van der Waals surface area contributed by atoms with Crippen molar-refractivity contribution in [3.05, 3.63) is 35.9 Å². The summed E-state index contributed by atoms with van der Waals surface area (Å²) in [5.41, 5.74) is 12.3. The summed E-state index contributed by atoms with van der Waals surface area (Å²) in [4.78, 5) is 79.2. The van der Waals surface area contributed by atoms with Gasteiger partial charge >= 0.3 is 0 Å². The van der Waals surface area contributed by atoms with Crippen LogP contribution in [-0.2, 0) is 35.2 Å². The van der Waals surface area contributed by atoms with E-state index in [0.717, 1.165) is 37.7 Å². The summed E-state index contributed by atoms with van der Waals surface area (Å²) in [7, 11) is 0. The molecule has 1 aromatic rings. The molecule has 0 radical (unpaired) electrons. The fraction of sp³-hybridized carbons (Fsp3) is 0.684. The maximum atomic E-state index is 13.7. The van der Waals surface area contributed by atoms with Gasteiger partial charge in [0.25, 0.3) is 0 Å². The van der Waals surface area contributed by atoms with E-state index >= 15 is 0 Å². The molecular formula is C38H59N7O7. The minimum Gasteiger partial charge on any atom is -0.390 e. The SMILES string of the molecule is CCC(C)[C@H](NC(=O)C[C@H](O)[C@H](CC1CCCCC1)NC(=O)CC1CCCN2C(=O)CCC(CN)C(=O)N12)C(=O)N[C@@H](Cc1ccccc1)C(N)=O. The lowest BCUT2D eigenvalue weighted by atomic mass is 9.83. The average Bonchev–Trinajstić information content (AvgIpc) is 3.25. The Morgan fingerprint density at radius 3 is 2.31 bits per heavy atom. The molecule has 0 spiro atoms. The lowest BCUT2D eigenvalue weighted by Gasteiger charge is -2.43. The molecule has 2 saturated heterocycles. The van der Waals surface area contributed by atoms with E-state index in [0.29, 0.717) is 38.6 Å². The van der Waals surface area contributed by atoms with Gasteiger partial charge in [0.05, 0.1) is 30.5 Å². The average molecular weight is 726 g/mol. The van der Waals surface area contributed by atoms with Gasteiger partial charge in [-0.25, -0.2) is 5.01 Å². The number of carbonyl (C=O) groups excluding carboxylic acids is 6. The van der Waals surface area contributed by atoms with Gasteiger partial charge in [0, 0.05) is 32.4 Å². The number of benzene rings is 1. The number of primary amides is 1. The lowest BCUT2D eigenvalue weighted by molar-refractivity contribution is -0.175. The molecule has 4 rings (SSSR count). The predicted molar refractivity (Wildman–Crippen MR) is 194 cm³/mol. The van der Waals surface area contributed by atoms with Crippen molar-refractivity contribution in [3.8, 4) is 0 Å². The van der Waals surface area contributed by atoms with E-state index in [1.165, 1.54) is 10.0 Å². The van der Waals surface area contributed by atoms with Crippen LogP contribution in [0.15, 0.2) is 30.3 Å². The molecule has 2 aliphatic heterocycles. The summed E-state index contributed by atoms with van der Waals surface area (Å²) >= 11 is 0. The van der Waals surface area contributed by atoms with Crippen LogP contribution in [0.4, 0.5) is 0 Å². The number of carbonyl (C=O) groups is 6. The second-order valence-electron chi connectivity index (χ2n) is 14.9. The normalized spacial score (nSPS) is 22.6. The molecule has 7 atom stereocenters. The zero-order valence-electron chi connectivity index (χ0n) is 30.8. The third-order valence-corrected chi connectivity index (χ3v) is 11.1. The summed E-state index contributed by atoms with van der Waals surface area (Å²) in [5, 5.41) is 22.9. The van der Waals surface area contributed by atoms with Crippen molar-refractivity contribution in [2.45, 2.75) is 134 Å². The van der Waals surface area contributed by atoms with E-state index in [2.05, 4.69) is 16.0 Å². The van der Waals surface area contributed by atoms with Crippen LogP contribution in [0.5, 0.6) is 0 Å². The molecule has 3 aliphatic rings. The highest BCUT2D eigenvalue weighted by molar-refractivity contribution is 5.92. The Bertz CT molecular complexity index is 1390. The minimum absolute atomic E-state index is 0.0623. The summed E-state index contributed by atoms with van der Waals surface area (Å²) in [6, 6.07) is 5.89. The van der Waals surface area contributed by atoms with Gasteiger partial charge in [0.1, 0.15) is 12.1 Å². The van der Waals surface area contributed by atoms with Crippen molar-refractivity contribution in [3.63, 3.8) is 0 Å². The van der Waals surface area contributed by atoms with Crippen LogP contribution in [0.25, 0.3) is 0 Å². The highest BCUT2D eigenvalue weighted by Crippen LogP contribution is 2.30. The molecular weight excluding hydrogens is 666 g/mol. The molecule has 288 valence electrons. The Labute approximate surface area is 307 Å². The van der Waals surface area contributed by atoms with Crippen LogP contribution < -0.4 is 27.4 Å². The number of nitrogens with zero attached hydrogens (tertiary/aromatic N) is 2. The van der Waals surface area contributed by atoms with Crippen molar-refractivity contribution < 1.29 is 33.9 Å². The van der Waals surface area contributed by atoms with E-state index in [4.69, 9.17) is 11.5 Å². The number of hydrazine groups is 1. The first kappa shape index (κ1) is 40.7. The molecule has 8 N–H and O–H groups in total. The molecule has 3 fully saturated rings.